The van der Waals surface area contributed by atoms with Gasteiger partial charge in [0.2, 0.25) is 0 Å². The van der Waals surface area contributed by atoms with Crippen molar-refractivity contribution in [1.29, 1.82) is 0 Å². The average Bonchev–Trinajstić information content (AvgIpc) is 3.52. The lowest BCUT2D eigenvalue weighted by Gasteiger charge is -2.37. The Labute approximate surface area is 185 Å². The average molecular weight is 430 g/mol. The number of hydrogen-bond donors (Lipinski definition) is 1. The summed E-state index contributed by atoms with van der Waals surface area (Å²) in [5.41, 5.74) is 1.22. The molecule has 2 atom stereocenters. The van der Waals surface area contributed by atoms with Crippen molar-refractivity contribution in [3.05, 3.63) is 24.3 Å². The summed E-state index contributed by atoms with van der Waals surface area (Å²) >= 11 is 0. The molecule has 0 bridgehead atoms. The third-order valence-corrected chi connectivity index (χ3v) is 6.56. The van der Waals surface area contributed by atoms with Gasteiger partial charge in [0, 0.05) is 71.2 Å². The zero-order valence-electron chi connectivity index (χ0n) is 18.8. The number of piperazine rings is 1. The second-order valence-corrected chi connectivity index (χ2v) is 8.54. The molecule has 2 unspecified atom stereocenters. The van der Waals surface area contributed by atoms with E-state index in [2.05, 4.69) is 32.2 Å². The molecule has 3 aliphatic rings. The van der Waals surface area contributed by atoms with Crippen LogP contribution in [-0.4, -0.2) is 94.3 Å². The fraction of sp³-hybridized carbons (Fsp3) is 0.652. The first-order valence-corrected chi connectivity index (χ1v) is 11.4. The monoisotopic (exact) mass is 429 g/mol. The van der Waals surface area contributed by atoms with Crippen molar-refractivity contribution in [2.45, 2.75) is 25.4 Å². The third-order valence-electron chi connectivity index (χ3n) is 6.56. The van der Waals surface area contributed by atoms with Crippen molar-refractivity contribution in [2.24, 2.45) is 10.9 Å². The number of guanidine groups is 1. The van der Waals surface area contributed by atoms with Crippen molar-refractivity contribution >= 4 is 17.6 Å². The molecular weight excluding hydrogens is 394 g/mol. The van der Waals surface area contributed by atoms with Crippen molar-refractivity contribution in [3.63, 3.8) is 0 Å². The van der Waals surface area contributed by atoms with Crippen molar-refractivity contribution < 1.29 is 14.3 Å². The number of aliphatic imine (C=N–C) groups is 1. The summed E-state index contributed by atoms with van der Waals surface area (Å²) in [4.78, 5) is 23.7. The van der Waals surface area contributed by atoms with Gasteiger partial charge in [-0.3, -0.25) is 9.79 Å². The lowest BCUT2D eigenvalue weighted by atomic mass is 10.1. The molecule has 0 spiro atoms. The van der Waals surface area contributed by atoms with E-state index in [9.17, 15) is 4.79 Å². The van der Waals surface area contributed by atoms with E-state index >= 15 is 0 Å². The molecule has 1 N–H and O–H groups in total. The maximum atomic E-state index is 12.6. The van der Waals surface area contributed by atoms with Gasteiger partial charge in [0.05, 0.1) is 7.11 Å². The van der Waals surface area contributed by atoms with E-state index in [1.165, 1.54) is 5.69 Å². The minimum atomic E-state index is -0.223. The second kappa shape index (κ2) is 10.2. The minimum Gasteiger partial charge on any atom is -0.497 e. The zero-order chi connectivity index (χ0) is 21.6. The van der Waals surface area contributed by atoms with Gasteiger partial charge in [-0.15, -0.1) is 0 Å². The van der Waals surface area contributed by atoms with Gasteiger partial charge in [-0.1, -0.05) is 6.07 Å². The van der Waals surface area contributed by atoms with Crippen molar-refractivity contribution in [3.8, 4) is 5.75 Å². The Hall–Kier alpha value is -2.48. The number of benzene rings is 1. The van der Waals surface area contributed by atoms with E-state index in [0.717, 1.165) is 76.8 Å². The van der Waals surface area contributed by atoms with Crippen LogP contribution < -0.4 is 15.0 Å². The molecule has 3 aliphatic heterocycles. The van der Waals surface area contributed by atoms with Crippen molar-refractivity contribution in [1.82, 2.24) is 15.1 Å². The Morgan fingerprint density at radius 2 is 2.00 bits per heavy atom. The van der Waals surface area contributed by atoms with Gasteiger partial charge in [-0.2, -0.15) is 0 Å². The highest BCUT2D eigenvalue weighted by molar-refractivity contribution is 5.82. The van der Waals surface area contributed by atoms with Gasteiger partial charge in [0.25, 0.3) is 5.91 Å². The first-order valence-electron chi connectivity index (χ1n) is 11.4. The quantitative estimate of drug-likeness (QED) is 0.564. The molecule has 3 fully saturated rings. The van der Waals surface area contributed by atoms with Gasteiger partial charge in [0.15, 0.2) is 5.96 Å². The van der Waals surface area contributed by atoms with Crippen LogP contribution in [0.15, 0.2) is 29.3 Å². The van der Waals surface area contributed by atoms with Crippen LogP contribution in [-0.2, 0) is 9.53 Å². The molecule has 31 heavy (non-hydrogen) atoms. The molecule has 8 heteroatoms. The summed E-state index contributed by atoms with van der Waals surface area (Å²) in [6, 6.07) is 8.28. The molecule has 170 valence electrons. The lowest BCUT2D eigenvalue weighted by molar-refractivity contribution is -0.142. The van der Waals surface area contributed by atoms with Crippen molar-refractivity contribution in [2.75, 3.05) is 71.5 Å². The smallest absolute Gasteiger partial charge is 0.251 e. The van der Waals surface area contributed by atoms with Crippen LogP contribution in [0, 0.1) is 5.92 Å². The molecule has 1 aromatic carbocycles. The largest absolute Gasteiger partial charge is 0.497 e. The van der Waals surface area contributed by atoms with Crippen LogP contribution in [0.4, 0.5) is 5.69 Å². The number of ether oxygens (including phenoxy) is 2. The molecule has 1 aromatic rings. The Morgan fingerprint density at radius 3 is 2.71 bits per heavy atom. The summed E-state index contributed by atoms with van der Waals surface area (Å²) in [7, 11) is 3.54. The highest BCUT2D eigenvalue weighted by Gasteiger charge is 2.31. The topological polar surface area (TPSA) is 69.6 Å². The van der Waals surface area contributed by atoms with Crippen LogP contribution in [0.3, 0.4) is 0 Å². The lowest BCUT2D eigenvalue weighted by Crippen LogP contribution is -2.55. The van der Waals surface area contributed by atoms with E-state index in [4.69, 9.17) is 9.47 Å². The third kappa shape index (κ3) is 5.23. The first-order chi connectivity index (χ1) is 15.2. The van der Waals surface area contributed by atoms with Gasteiger partial charge in [-0.05, 0) is 37.3 Å². The van der Waals surface area contributed by atoms with E-state index in [-0.39, 0.29) is 12.0 Å². The van der Waals surface area contributed by atoms with Gasteiger partial charge >= 0.3 is 0 Å². The summed E-state index contributed by atoms with van der Waals surface area (Å²) in [6.07, 6.45) is 2.78. The number of carbonyl (C=O) groups is 1. The number of nitrogens with one attached hydrogen (secondary N) is 1. The summed E-state index contributed by atoms with van der Waals surface area (Å²) in [5, 5.41) is 3.57. The number of hydrogen-bond acceptors (Lipinski definition) is 5. The summed E-state index contributed by atoms with van der Waals surface area (Å²) in [6.45, 7) is 6.77. The maximum Gasteiger partial charge on any atom is 0.251 e. The van der Waals surface area contributed by atoms with E-state index in [1.807, 2.05) is 24.1 Å². The number of rotatable bonds is 5. The van der Waals surface area contributed by atoms with E-state index in [1.54, 1.807) is 7.11 Å². The van der Waals surface area contributed by atoms with Gasteiger partial charge in [-0.25, -0.2) is 0 Å². The molecule has 1 amide bonds. The standard InChI is InChI=1S/C23H35N5O3/c1-24-23(27-12-10-26(11-13-27)22(29)21-7-4-14-31-21)25-16-18-8-9-28(17-18)19-5-3-6-20(15-19)30-2/h3,5-6,15,18,21H,4,7-14,16-17H2,1-2H3,(H,24,25). The summed E-state index contributed by atoms with van der Waals surface area (Å²) < 4.78 is 10.9. The summed E-state index contributed by atoms with van der Waals surface area (Å²) in [5.74, 6) is 2.56. The minimum absolute atomic E-state index is 0.156. The molecule has 0 saturated carbocycles. The van der Waals surface area contributed by atoms with Crippen LogP contribution in [0.2, 0.25) is 0 Å². The Kier molecular flexibility index (Phi) is 7.17. The number of amides is 1. The van der Waals surface area contributed by atoms with Crippen LogP contribution in [0.1, 0.15) is 19.3 Å². The molecule has 3 heterocycles. The zero-order valence-corrected chi connectivity index (χ0v) is 18.8. The predicted octanol–water partition coefficient (Wildman–Crippen LogP) is 1.42. The van der Waals surface area contributed by atoms with Crippen LogP contribution >= 0.6 is 0 Å². The van der Waals surface area contributed by atoms with Crippen LogP contribution in [0.25, 0.3) is 0 Å². The Bertz CT molecular complexity index is 772. The molecule has 0 aliphatic carbocycles. The number of nitrogens with zero attached hydrogens (tertiary/aromatic N) is 4. The first kappa shape index (κ1) is 21.7. The Balaban J connectivity index is 1.22. The predicted molar refractivity (Wildman–Crippen MR) is 122 cm³/mol. The molecule has 3 saturated heterocycles. The number of carbonyl (C=O) groups excluding carboxylic acids is 1. The van der Waals surface area contributed by atoms with Crippen LogP contribution in [0.5, 0.6) is 5.75 Å². The highest BCUT2D eigenvalue weighted by atomic mass is 16.5. The fourth-order valence-electron chi connectivity index (χ4n) is 4.72. The molecule has 8 nitrogen and oxygen atoms in total. The molecule has 0 aromatic heterocycles. The SMILES string of the molecule is CN=C(NCC1CCN(c2cccc(OC)c2)C1)N1CCN(C(=O)C2CCCO2)CC1. The second-order valence-electron chi connectivity index (χ2n) is 8.54. The maximum absolute atomic E-state index is 12.6. The Morgan fingerprint density at radius 1 is 1.19 bits per heavy atom. The van der Waals surface area contributed by atoms with E-state index in [0.29, 0.717) is 12.5 Å². The molecule has 4 rings (SSSR count). The number of anilines is 1. The van der Waals surface area contributed by atoms with E-state index < -0.39 is 0 Å². The molecular formula is C23H35N5O3. The number of methoxy groups -OCH3 is 1. The van der Waals surface area contributed by atoms with Gasteiger partial charge < -0.3 is 29.5 Å². The fourth-order valence-corrected chi connectivity index (χ4v) is 4.72. The highest BCUT2D eigenvalue weighted by Crippen LogP contribution is 2.26. The normalized spacial score (nSPS) is 24.6. The van der Waals surface area contributed by atoms with Gasteiger partial charge in [0.1, 0.15) is 11.9 Å². The molecule has 0 radical (unpaired) electrons.